The Balaban J connectivity index is 0.000000234. The molecule has 0 spiro atoms. The van der Waals surface area contributed by atoms with Crippen molar-refractivity contribution in [2.45, 2.75) is 31.1 Å². The molecule has 0 unspecified atom stereocenters. The van der Waals surface area contributed by atoms with Crippen molar-refractivity contribution in [3.63, 3.8) is 0 Å². The van der Waals surface area contributed by atoms with Gasteiger partial charge in [-0.2, -0.15) is 0 Å². The standard InChI is InChI=1S/C15H14O2S.C10H15N/c1-10-5-3-4-6-12(10)14-9-11(18)7-8-13(14)15(16)17-2;11-9-5-4-8-10-6-2-1-3-7-10/h3-9,18H,1-2H3;1-3,6-7H,4-5,8-9,11H2. The molecule has 4 heteroatoms. The predicted molar refractivity (Wildman–Crippen MR) is 124 cm³/mol. The number of rotatable bonds is 6. The fraction of sp³-hybridized carbons (Fsp3) is 0.240. The monoisotopic (exact) mass is 407 g/mol. The van der Waals surface area contributed by atoms with E-state index in [1.54, 1.807) is 12.1 Å². The number of hydrogen-bond donors (Lipinski definition) is 2. The number of hydrogen-bond acceptors (Lipinski definition) is 4. The Kier molecular flexibility index (Phi) is 9.48. The summed E-state index contributed by atoms with van der Waals surface area (Å²) in [6.45, 7) is 2.83. The summed E-state index contributed by atoms with van der Waals surface area (Å²) in [7, 11) is 1.39. The summed E-state index contributed by atoms with van der Waals surface area (Å²) < 4.78 is 4.81. The van der Waals surface area contributed by atoms with Crippen LogP contribution in [0.25, 0.3) is 11.1 Å². The van der Waals surface area contributed by atoms with Crippen LogP contribution < -0.4 is 5.73 Å². The molecule has 0 saturated carbocycles. The third kappa shape index (κ3) is 7.08. The van der Waals surface area contributed by atoms with Crippen molar-refractivity contribution in [2.75, 3.05) is 13.7 Å². The first-order chi connectivity index (χ1) is 14.1. The molecule has 3 aromatic rings. The highest BCUT2D eigenvalue weighted by Gasteiger charge is 2.14. The van der Waals surface area contributed by atoms with Gasteiger partial charge < -0.3 is 10.5 Å². The average Bonchev–Trinajstić information content (AvgIpc) is 2.75. The van der Waals surface area contributed by atoms with Gasteiger partial charge in [-0.3, -0.25) is 0 Å². The van der Waals surface area contributed by atoms with Crippen LogP contribution in [-0.4, -0.2) is 19.6 Å². The van der Waals surface area contributed by atoms with Gasteiger partial charge in [0.15, 0.2) is 0 Å². The van der Waals surface area contributed by atoms with E-state index in [9.17, 15) is 4.79 Å². The maximum atomic E-state index is 11.8. The van der Waals surface area contributed by atoms with Gasteiger partial charge in [-0.05, 0) is 73.2 Å². The molecule has 3 nitrogen and oxygen atoms in total. The van der Waals surface area contributed by atoms with Gasteiger partial charge in [0.25, 0.3) is 0 Å². The Morgan fingerprint density at radius 3 is 2.28 bits per heavy atom. The summed E-state index contributed by atoms with van der Waals surface area (Å²) in [5.74, 6) is -0.332. The van der Waals surface area contributed by atoms with E-state index >= 15 is 0 Å². The average molecular weight is 408 g/mol. The van der Waals surface area contributed by atoms with Crippen LogP contribution in [-0.2, 0) is 11.2 Å². The maximum absolute atomic E-state index is 11.8. The second-order valence-corrected chi connectivity index (χ2v) is 7.28. The molecule has 0 aromatic heterocycles. The van der Waals surface area contributed by atoms with Crippen LogP contribution in [0.5, 0.6) is 0 Å². The van der Waals surface area contributed by atoms with E-state index in [0.717, 1.165) is 41.0 Å². The molecule has 0 bridgehead atoms. The highest BCUT2D eigenvalue weighted by Crippen LogP contribution is 2.29. The number of ether oxygens (including phenoxy) is 1. The van der Waals surface area contributed by atoms with Crippen LogP contribution >= 0.6 is 12.6 Å². The molecule has 3 rings (SSSR count). The first-order valence-corrected chi connectivity index (χ1v) is 10.2. The van der Waals surface area contributed by atoms with E-state index in [4.69, 9.17) is 10.5 Å². The molecule has 0 fully saturated rings. The minimum absolute atomic E-state index is 0.332. The number of esters is 1. The Bertz CT molecular complexity index is 910. The highest BCUT2D eigenvalue weighted by atomic mass is 32.1. The van der Waals surface area contributed by atoms with Crippen LogP contribution in [0.4, 0.5) is 0 Å². The summed E-state index contributed by atoms with van der Waals surface area (Å²) in [6.07, 6.45) is 3.51. The summed E-state index contributed by atoms with van der Waals surface area (Å²) in [6, 6.07) is 23.9. The van der Waals surface area contributed by atoms with Crippen molar-refractivity contribution in [1.29, 1.82) is 0 Å². The first-order valence-electron chi connectivity index (χ1n) is 9.78. The lowest BCUT2D eigenvalue weighted by atomic mass is 9.96. The lowest BCUT2D eigenvalue weighted by molar-refractivity contribution is 0.0601. The van der Waals surface area contributed by atoms with Crippen molar-refractivity contribution in [1.82, 2.24) is 0 Å². The van der Waals surface area contributed by atoms with Gasteiger partial charge in [0, 0.05) is 4.90 Å². The summed E-state index contributed by atoms with van der Waals surface area (Å²) in [5.41, 5.74) is 10.4. The van der Waals surface area contributed by atoms with E-state index < -0.39 is 0 Å². The molecule has 0 amide bonds. The lowest BCUT2D eigenvalue weighted by Gasteiger charge is -2.11. The Morgan fingerprint density at radius 1 is 0.931 bits per heavy atom. The summed E-state index contributed by atoms with van der Waals surface area (Å²) in [4.78, 5) is 12.6. The van der Waals surface area contributed by atoms with Crippen molar-refractivity contribution >= 4 is 18.6 Å². The second-order valence-electron chi connectivity index (χ2n) is 6.77. The van der Waals surface area contributed by atoms with E-state index in [0.29, 0.717) is 5.56 Å². The van der Waals surface area contributed by atoms with Crippen molar-refractivity contribution < 1.29 is 9.53 Å². The number of benzene rings is 3. The third-order valence-electron chi connectivity index (χ3n) is 4.61. The first kappa shape index (κ1) is 22.7. The molecule has 3 aromatic carbocycles. The number of nitrogens with two attached hydrogens (primary N) is 1. The predicted octanol–water partition coefficient (Wildman–Crippen LogP) is 5.71. The molecule has 0 saturated heterocycles. The zero-order valence-electron chi connectivity index (χ0n) is 17.1. The molecule has 0 radical (unpaired) electrons. The van der Waals surface area contributed by atoms with E-state index in [2.05, 4.69) is 36.9 Å². The topological polar surface area (TPSA) is 52.3 Å². The normalized spacial score (nSPS) is 10.1. The number of methoxy groups -OCH3 is 1. The number of carbonyl (C=O) groups is 1. The number of thiol groups is 1. The van der Waals surface area contributed by atoms with Crippen LogP contribution in [0, 0.1) is 6.92 Å². The zero-order chi connectivity index (χ0) is 21.1. The Morgan fingerprint density at radius 2 is 1.62 bits per heavy atom. The number of aryl methyl sites for hydroxylation is 2. The molecule has 152 valence electrons. The molecular weight excluding hydrogens is 378 g/mol. The fourth-order valence-corrected chi connectivity index (χ4v) is 3.24. The van der Waals surface area contributed by atoms with Crippen LogP contribution in [0.2, 0.25) is 0 Å². The van der Waals surface area contributed by atoms with Gasteiger partial charge in [-0.25, -0.2) is 4.79 Å². The minimum Gasteiger partial charge on any atom is -0.465 e. The minimum atomic E-state index is -0.332. The molecule has 2 N–H and O–H groups in total. The van der Waals surface area contributed by atoms with Gasteiger partial charge in [0.2, 0.25) is 0 Å². The van der Waals surface area contributed by atoms with E-state index in [1.807, 2.05) is 43.3 Å². The molecule has 0 aliphatic carbocycles. The van der Waals surface area contributed by atoms with Crippen molar-refractivity contribution in [3.8, 4) is 11.1 Å². The van der Waals surface area contributed by atoms with Crippen LogP contribution in [0.15, 0.2) is 77.7 Å². The number of unbranched alkanes of at least 4 members (excludes halogenated alkanes) is 1. The van der Waals surface area contributed by atoms with Gasteiger partial charge in [-0.15, -0.1) is 12.6 Å². The molecule has 29 heavy (non-hydrogen) atoms. The van der Waals surface area contributed by atoms with Crippen molar-refractivity contribution in [3.05, 3.63) is 89.5 Å². The SMILES string of the molecule is COC(=O)c1ccc(S)cc1-c1ccccc1C.NCCCCc1ccccc1. The largest absolute Gasteiger partial charge is 0.465 e. The van der Waals surface area contributed by atoms with Gasteiger partial charge in [-0.1, -0.05) is 54.6 Å². The van der Waals surface area contributed by atoms with Gasteiger partial charge in [0.05, 0.1) is 12.7 Å². The summed E-state index contributed by atoms with van der Waals surface area (Å²) >= 11 is 4.33. The molecule has 0 aliphatic rings. The maximum Gasteiger partial charge on any atom is 0.338 e. The van der Waals surface area contributed by atoms with Crippen LogP contribution in [0.3, 0.4) is 0 Å². The molecule has 0 heterocycles. The smallest absolute Gasteiger partial charge is 0.338 e. The Hall–Kier alpha value is -2.56. The zero-order valence-corrected chi connectivity index (χ0v) is 18.0. The second kappa shape index (κ2) is 12.1. The quantitative estimate of drug-likeness (QED) is 0.313. The Labute approximate surface area is 179 Å². The summed E-state index contributed by atoms with van der Waals surface area (Å²) in [5, 5.41) is 0. The fourth-order valence-electron chi connectivity index (χ4n) is 3.04. The molecular formula is C25H29NO2S. The van der Waals surface area contributed by atoms with E-state index in [1.165, 1.54) is 19.1 Å². The van der Waals surface area contributed by atoms with Gasteiger partial charge >= 0.3 is 5.97 Å². The number of carbonyl (C=O) groups excluding carboxylic acids is 1. The third-order valence-corrected chi connectivity index (χ3v) is 4.88. The highest BCUT2D eigenvalue weighted by molar-refractivity contribution is 7.80. The van der Waals surface area contributed by atoms with E-state index in [-0.39, 0.29) is 5.97 Å². The van der Waals surface area contributed by atoms with Crippen LogP contribution in [0.1, 0.15) is 34.3 Å². The lowest BCUT2D eigenvalue weighted by Crippen LogP contribution is -2.04. The molecule has 0 atom stereocenters. The van der Waals surface area contributed by atoms with Gasteiger partial charge in [0.1, 0.15) is 0 Å². The molecule has 0 aliphatic heterocycles. The van der Waals surface area contributed by atoms with Crippen molar-refractivity contribution in [2.24, 2.45) is 5.73 Å².